The molecule has 0 bridgehead atoms. The van der Waals surface area contributed by atoms with Crippen LogP contribution in [0.5, 0.6) is 5.75 Å². The average Bonchev–Trinajstić information content (AvgIpc) is 2.97. The molecule has 2 aromatic rings. The van der Waals surface area contributed by atoms with E-state index in [2.05, 4.69) is 11.4 Å². The second kappa shape index (κ2) is 6.21. The standard InChI is InChI=1S/C14H16O3S2/c1-9(2)12-7-11(13(19-12)14(15)16)17-5-3-10-4-6-18-8-10/h4,6-9H,3,5H2,1-2H3,(H,15,16). The molecule has 0 amide bonds. The highest BCUT2D eigenvalue weighted by atomic mass is 32.1. The van der Waals surface area contributed by atoms with Gasteiger partial charge in [0.25, 0.3) is 0 Å². The molecular weight excluding hydrogens is 280 g/mol. The van der Waals surface area contributed by atoms with Gasteiger partial charge in [0.2, 0.25) is 0 Å². The molecule has 19 heavy (non-hydrogen) atoms. The molecule has 0 aliphatic carbocycles. The van der Waals surface area contributed by atoms with E-state index in [4.69, 9.17) is 4.74 Å². The van der Waals surface area contributed by atoms with E-state index in [9.17, 15) is 9.90 Å². The van der Waals surface area contributed by atoms with Crippen molar-refractivity contribution in [1.82, 2.24) is 0 Å². The Morgan fingerprint density at radius 3 is 2.84 bits per heavy atom. The lowest BCUT2D eigenvalue weighted by atomic mass is 10.2. The molecule has 2 heterocycles. The second-order valence-electron chi connectivity index (χ2n) is 4.53. The van der Waals surface area contributed by atoms with E-state index >= 15 is 0 Å². The van der Waals surface area contributed by atoms with Crippen molar-refractivity contribution in [3.05, 3.63) is 38.2 Å². The monoisotopic (exact) mass is 296 g/mol. The first-order chi connectivity index (χ1) is 9.08. The van der Waals surface area contributed by atoms with Crippen molar-refractivity contribution >= 4 is 28.6 Å². The number of hydrogen-bond acceptors (Lipinski definition) is 4. The fraction of sp³-hybridized carbons (Fsp3) is 0.357. The van der Waals surface area contributed by atoms with Crippen molar-refractivity contribution in [3.63, 3.8) is 0 Å². The zero-order chi connectivity index (χ0) is 13.8. The Bertz CT molecular complexity index is 541. The minimum atomic E-state index is -0.914. The lowest BCUT2D eigenvalue weighted by Gasteiger charge is -2.04. The maximum absolute atomic E-state index is 11.2. The van der Waals surface area contributed by atoms with Crippen LogP contribution < -0.4 is 4.74 Å². The Hall–Kier alpha value is -1.33. The minimum absolute atomic E-state index is 0.300. The van der Waals surface area contributed by atoms with E-state index in [1.54, 1.807) is 11.3 Å². The summed E-state index contributed by atoms with van der Waals surface area (Å²) < 4.78 is 5.64. The normalized spacial score (nSPS) is 10.9. The molecule has 0 saturated heterocycles. The zero-order valence-electron chi connectivity index (χ0n) is 10.9. The number of ether oxygens (including phenoxy) is 1. The van der Waals surface area contributed by atoms with Crippen LogP contribution in [0.25, 0.3) is 0 Å². The number of hydrogen-bond donors (Lipinski definition) is 1. The topological polar surface area (TPSA) is 46.5 Å². The summed E-state index contributed by atoms with van der Waals surface area (Å²) in [6.45, 7) is 4.60. The Morgan fingerprint density at radius 2 is 2.26 bits per heavy atom. The lowest BCUT2D eigenvalue weighted by Crippen LogP contribution is -2.03. The molecule has 0 unspecified atom stereocenters. The van der Waals surface area contributed by atoms with Crippen LogP contribution in [-0.2, 0) is 6.42 Å². The number of carboxylic acids is 1. The predicted octanol–water partition coefficient (Wildman–Crippen LogP) is 4.25. The number of rotatable bonds is 6. The molecule has 0 spiro atoms. The Kier molecular flexibility index (Phi) is 4.61. The summed E-state index contributed by atoms with van der Waals surface area (Å²) in [5.74, 6) is -0.101. The maximum Gasteiger partial charge on any atom is 0.349 e. The van der Waals surface area contributed by atoms with Crippen LogP contribution in [0.3, 0.4) is 0 Å². The van der Waals surface area contributed by atoms with Gasteiger partial charge >= 0.3 is 5.97 Å². The van der Waals surface area contributed by atoms with Crippen molar-refractivity contribution < 1.29 is 14.6 Å². The van der Waals surface area contributed by atoms with Crippen molar-refractivity contribution in [2.24, 2.45) is 0 Å². The van der Waals surface area contributed by atoms with Crippen molar-refractivity contribution in [1.29, 1.82) is 0 Å². The van der Waals surface area contributed by atoms with Gasteiger partial charge < -0.3 is 9.84 Å². The molecule has 2 aromatic heterocycles. The molecule has 0 fully saturated rings. The van der Waals surface area contributed by atoms with Gasteiger partial charge in [0, 0.05) is 11.3 Å². The van der Waals surface area contributed by atoms with E-state index in [0.29, 0.717) is 23.2 Å². The second-order valence-corrected chi connectivity index (χ2v) is 6.40. The van der Waals surface area contributed by atoms with Gasteiger partial charge in [0.05, 0.1) is 6.61 Å². The molecule has 0 atom stereocenters. The van der Waals surface area contributed by atoms with Crippen molar-refractivity contribution in [3.8, 4) is 5.75 Å². The molecule has 1 N–H and O–H groups in total. The van der Waals surface area contributed by atoms with Crippen LogP contribution in [0, 0.1) is 0 Å². The molecule has 0 aromatic carbocycles. The number of carbonyl (C=O) groups is 1. The molecule has 5 heteroatoms. The summed E-state index contributed by atoms with van der Waals surface area (Å²) >= 11 is 2.96. The molecule has 0 aliphatic rings. The van der Waals surface area contributed by atoms with Gasteiger partial charge in [0.15, 0.2) is 4.88 Å². The lowest BCUT2D eigenvalue weighted by molar-refractivity contribution is 0.0698. The van der Waals surface area contributed by atoms with Gasteiger partial charge in [-0.3, -0.25) is 0 Å². The highest BCUT2D eigenvalue weighted by Gasteiger charge is 2.18. The number of carboxylic acid groups (broad SMARTS) is 1. The van der Waals surface area contributed by atoms with E-state index < -0.39 is 5.97 Å². The first-order valence-electron chi connectivity index (χ1n) is 6.09. The van der Waals surface area contributed by atoms with E-state index in [0.717, 1.165) is 11.3 Å². The molecular formula is C14H16O3S2. The summed E-state index contributed by atoms with van der Waals surface area (Å²) in [5, 5.41) is 13.3. The van der Waals surface area contributed by atoms with Crippen LogP contribution >= 0.6 is 22.7 Å². The zero-order valence-corrected chi connectivity index (χ0v) is 12.5. The molecule has 0 saturated carbocycles. The first-order valence-corrected chi connectivity index (χ1v) is 7.84. The van der Waals surface area contributed by atoms with E-state index in [1.165, 1.54) is 16.9 Å². The molecule has 0 aliphatic heterocycles. The SMILES string of the molecule is CC(C)c1cc(OCCc2ccsc2)c(C(=O)O)s1. The Morgan fingerprint density at radius 1 is 1.47 bits per heavy atom. The third-order valence-corrected chi connectivity index (χ3v) is 4.85. The summed E-state index contributed by atoms with van der Waals surface area (Å²) in [6.07, 6.45) is 0.801. The highest BCUT2D eigenvalue weighted by molar-refractivity contribution is 7.14. The number of thiophene rings is 2. The molecule has 102 valence electrons. The van der Waals surface area contributed by atoms with Gasteiger partial charge in [-0.2, -0.15) is 11.3 Å². The first kappa shape index (κ1) is 14.1. The summed E-state index contributed by atoms with van der Waals surface area (Å²) in [7, 11) is 0. The van der Waals surface area contributed by atoms with Crippen LogP contribution in [-0.4, -0.2) is 17.7 Å². The largest absolute Gasteiger partial charge is 0.491 e. The summed E-state index contributed by atoms with van der Waals surface area (Å²) in [6, 6.07) is 3.91. The fourth-order valence-corrected chi connectivity index (χ4v) is 3.29. The quantitative estimate of drug-likeness (QED) is 0.866. The third kappa shape index (κ3) is 3.58. The van der Waals surface area contributed by atoms with E-state index in [1.807, 2.05) is 25.3 Å². The van der Waals surface area contributed by atoms with Gasteiger partial charge in [-0.05, 0) is 34.4 Å². The Balaban J connectivity index is 2.04. The van der Waals surface area contributed by atoms with Crippen molar-refractivity contribution in [2.75, 3.05) is 6.61 Å². The van der Waals surface area contributed by atoms with E-state index in [-0.39, 0.29) is 0 Å². The summed E-state index contributed by atoms with van der Waals surface area (Å²) in [4.78, 5) is 12.5. The fourth-order valence-electron chi connectivity index (χ4n) is 1.65. The number of aromatic carboxylic acids is 1. The van der Waals surface area contributed by atoms with Crippen LogP contribution in [0.2, 0.25) is 0 Å². The van der Waals surface area contributed by atoms with Gasteiger partial charge in [-0.15, -0.1) is 11.3 Å². The average molecular weight is 296 g/mol. The third-order valence-electron chi connectivity index (χ3n) is 2.71. The van der Waals surface area contributed by atoms with Crippen LogP contribution in [0.1, 0.15) is 39.9 Å². The van der Waals surface area contributed by atoms with Crippen LogP contribution in [0.4, 0.5) is 0 Å². The van der Waals surface area contributed by atoms with Gasteiger partial charge in [0.1, 0.15) is 5.75 Å². The van der Waals surface area contributed by atoms with Crippen LogP contribution in [0.15, 0.2) is 22.9 Å². The minimum Gasteiger partial charge on any atom is -0.491 e. The molecule has 0 radical (unpaired) electrons. The van der Waals surface area contributed by atoms with Gasteiger partial charge in [-0.1, -0.05) is 13.8 Å². The Labute approximate surface area is 120 Å². The van der Waals surface area contributed by atoms with Crippen molar-refractivity contribution in [2.45, 2.75) is 26.2 Å². The smallest absolute Gasteiger partial charge is 0.349 e. The maximum atomic E-state index is 11.2. The summed E-state index contributed by atoms with van der Waals surface area (Å²) in [5.41, 5.74) is 1.22. The highest BCUT2D eigenvalue weighted by Crippen LogP contribution is 2.33. The molecule has 3 nitrogen and oxygen atoms in total. The predicted molar refractivity (Wildman–Crippen MR) is 78.9 cm³/mol. The molecule has 2 rings (SSSR count). The van der Waals surface area contributed by atoms with Gasteiger partial charge in [-0.25, -0.2) is 4.79 Å².